The van der Waals surface area contributed by atoms with E-state index in [0.717, 1.165) is 11.1 Å². The summed E-state index contributed by atoms with van der Waals surface area (Å²) in [4.78, 5) is 11.8. The highest BCUT2D eigenvalue weighted by Gasteiger charge is 2.06. The van der Waals surface area contributed by atoms with Crippen molar-refractivity contribution in [1.29, 1.82) is 0 Å². The number of aromatic hydroxyl groups is 1. The van der Waals surface area contributed by atoms with Gasteiger partial charge in [-0.3, -0.25) is 4.79 Å². The van der Waals surface area contributed by atoms with Crippen molar-refractivity contribution in [3.63, 3.8) is 0 Å². The summed E-state index contributed by atoms with van der Waals surface area (Å²) in [5, 5.41) is 9.91. The summed E-state index contributed by atoms with van der Waals surface area (Å²) >= 11 is 0. The summed E-state index contributed by atoms with van der Waals surface area (Å²) in [5.74, 6) is 1.26. The van der Waals surface area contributed by atoms with Gasteiger partial charge in [-0.15, -0.1) is 0 Å². The Morgan fingerprint density at radius 2 is 1.68 bits per heavy atom. The molecule has 1 N–H and O–H groups in total. The van der Waals surface area contributed by atoms with Crippen LogP contribution in [0.3, 0.4) is 0 Å². The van der Waals surface area contributed by atoms with E-state index in [4.69, 9.17) is 4.74 Å². The van der Waals surface area contributed by atoms with E-state index in [9.17, 15) is 9.90 Å². The van der Waals surface area contributed by atoms with Crippen LogP contribution in [-0.2, 0) is 11.2 Å². The Hall–Kier alpha value is -2.81. The molecule has 4 bridgehead atoms. The molecule has 0 saturated heterocycles. The summed E-state index contributed by atoms with van der Waals surface area (Å²) in [6.45, 7) is 0. The third kappa shape index (κ3) is 3.44. The Kier molecular flexibility index (Phi) is 4.05. The molecule has 0 fully saturated rings. The molecule has 0 unspecified atom stereocenters. The maximum absolute atomic E-state index is 11.8. The highest BCUT2D eigenvalue weighted by molar-refractivity contribution is 5.90. The molecular formula is C19H16O3. The van der Waals surface area contributed by atoms with Crippen LogP contribution in [0, 0.1) is 0 Å². The van der Waals surface area contributed by atoms with Crippen LogP contribution in [0.4, 0.5) is 0 Å². The van der Waals surface area contributed by atoms with Crippen molar-refractivity contribution in [2.24, 2.45) is 0 Å². The molecule has 0 amide bonds. The SMILES string of the molecule is O=C1/C=C/C=Cc2ccc(O)c(c2)Oc2ccc(cc2)CC1. The molecule has 110 valence electrons. The molecule has 4 rings (SSSR count). The molecule has 2 aliphatic rings. The van der Waals surface area contributed by atoms with Gasteiger partial charge < -0.3 is 9.84 Å². The molecule has 2 aliphatic heterocycles. The van der Waals surface area contributed by atoms with Crippen LogP contribution >= 0.6 is 0 Å². The lowest BCUT2D eigenvalue weighted by Crippen LogP contribution is -1.95. The Balaban J connectivity index is 2.00. The Morgan fingerprint density at radius 3 is 2.50 bits per heavy atom. The van der Waals surface area contributed by atoms with Gasteiger partial charge in [0.05, 0.1) is 0 Å². The number of phenols is 1. The van der Waals surface area contributed by atoms with Crippen LogP contribution in [0.5, 0.6) is 17.2 Å². The first-order chi connectivity index (χ1) is 10.7. The first-order valence-corrected chi connectivity index (χ1v) is 7.18. The zero-order chi connectivity index (χ0) is 15.4. The molecule has 2 heterocycles. The Morgan fingerprint density at radius 1 is 0.909 bits per heavy atom. The minimum atomic E-state index is 0.0938. The minimum Gasteiger partial charge on any atom is -0.504 e. The molecular weight excluding hydrogens is 276 g/mol. The van der Waals surface area contributed by atoms with E-state index in [1.165, 1.54) is 0 Å². The second-order valence-corrected chi connectivity index (χ2v) is 5.16. The number of hydrogen-bond donors (Lipinski definition) is 1. The second-order valence-electron chi connectivity index (χ2n) is 5.16. The van der Waals surface area contributed by atoms with E-state index in [1.807, 2.05) is 30.3 Å². The molecule has 0 radical (unpaired) electrons. The molecule has 3 heteroatoms. The van der Waals surface area contributed by atoms with Crippen LogP contribution < -0.4 is 4.74 Å². The van der Waals surface area contributed by atoms with E-state index in [-0.39, 0.29) is 11.5 Å². The third-order valence-electron chi connectivity index (χ3n) is 3.48. The van der Waals surface area contributed by atoms with Gasteiger partial charge in [-0.25, -0.2) is 0 Å². The maximum Gasteiger partial charge on any atom is 0.169 e. The summed E-state index contributed by atoms with van der Waals surface area (Å²) in [5.41, 5.74) is 1.97. The molecule has 0 atom stereocenters. The average Bonchev–Trinajstić information content (AvgIpc) is 2.54. The number of ketones is 1. The van der Waals surface area contributed by atoms with E-state index < -0.39 is 0 Å². The van der Waals surface area contributed by atoms with Gasteiger partial charge in [-0.1, -0.05) is 36.4 Å². The standard InChI is InChI=1S/C19H16O3/c20-16-4-2-1-3-15-8-12-18(21)19(13-15)22-17-10-6-14(5-9-16)7-11-17/h1-4,6-8,10-13,21H,5,9H2/b3-1?,4-2+. The quantitative estimate of drug-likeness (QED) is 0.788. The van der Waals surface area contributed by atoms with Crippen LogP contribution in [0.1, 0.15) is 17.5 Å². The molecule has 2 aromatic rings. The number of benzene rings is 2. The highest BCUT2D eigenvalue weighted by atomic mass is 16.5. The predicted octanol–water partition coefficient (Wildman–Crippen LogP) is 4.27. The van der Waals surface area contributed by atoms with Crippen LogP contribution in [0.25, 0.3) is 6.08 Å². The van der Waals surface area contributed by atoms with Gasteiger partial charge in [0.15, 0.2) is 17.3 Å². The fourth-order valence-electron chi connectivity index (χ4n) is 2.25. The summed E-state index contributed by atoms with van der Waals surface area (Å²) in [6, 6.07) is 12.7. The number of fused-ring (bicyclic) bond motifs is 6. The Bertz CT molecular complexity index is 740. The number of aryl methyl sites for hydroxylation is 1. The molecule has 22 heavy (non-hydrogen) atoms. The van der Waals surface area contributed by atoms with Gasteiger partial charge in [0, 0.05) is 6.42 Å². The van der Waals surface area contributed by atoms with Crippen molar-refractivity contribution in [3.8, 4) is 17.2 Å². The predicted molar refractivity (Wildman–Crippen MR) is 86.1 cm³/mol. The van der Waals surface area contributed by atoms with Gasteiger partial charge in [0.25, 0.3) is 0 Å². The smallest absolute Gasteiger partial charge is 0.169 e. The van der Waals surface area contributed by atoms with Crippen molar-refractivity contribution in [2.45, 2.75) is 12.8 Å². The Labute approximate surface area is 129 Å². The summed E-state index contributed by atoms with van der Waals surface area (Å²) in [7, 11) is 0. The van der Waals surface area contributed by atoms with Crippen molar-refractivity contribution in [1.82, 2.24) is 0 Å². The number of hydrogen-bond acceptors (Lipinski definition) is 3. The van der Waals surface area contributed by atoms with Gasteiger partial charge in [-0.2, -0.15) is 0 Å². The molecule has 0 spiro atoms. The number of ether oxygens (including phenoxy) is 1. The zero-order valence-electron chi connectivity index (χ0n) is 12.0. The fraction of sp³-hybridized carbons (Fsp3) is 0.105. The van der Waals surface area contributed by atoms with E-state index >= 15 is 0 Å². The van der Waals surface area contributed by atoms with E-state index in [2.05, 4.69) is 0 Å². The van der Waals surface area contributed by atoms with Gasteiger partial charge in [-0.05, 0) is 47.9 Å². The van der Waals surface area contributed by atoms with Gasteiger partial charge >= 0.3 is 0 Å². The van der Waals surface area contributed by atoms with Crippen LogP contribution in [-0.4, -0.2) is 10.9 Å². The number of carbonyl (C=O) groups is 1. The monoisotopic (exact) mass is 292 g/mol. The first kappa shape index (κ1) is 14.1. The lowest BCUT2D eigenvalue weighted by Gasteiger charge is -2.09. The van der Waals surface area contributed by atoms with E-state index in [1.54, 1.807) is 36.4 Å². The third-order valence-corrected chi connectivity index (χ3v) is 3.48. The van der Waals surface area contributed by atoms with Crippen LogP contribution in [0.15, 0.2) is 60.7 Å². The molecule has 3 nitrogen and oxygen atoms in total. The van der Waals surface area contributed by atoms with Crippen molar-refractivity contribution >= 4 is 11.9 Å². The van der Waals surface area contributed by atoms with Crippen molar-refractivity contribution in [3.05, 3.63) is 71.8 Å². The topological polar surface area (TPSA) is 46.5 Å². The number of rotatable bonds is 0. The largest absolute Gasteiger partial charge is 0.504 e. The van der Waals surface area contributed by atoms with Crippen LogP contribution in [0.2, 0.25) is 0 Å². The van der Waals surface area contributed by atoms with Crippen molar-refractivity contribution < 1.29 is 14.6 Å². The zero-order valence-corrected chi connectivity index (χ0v) is 12.0. The molecule has 0 saturated carbocycles. The molecule has 0 aliphatic carbocycles. The highest BCUT2D eigenvalue weighted by Crippen LogP contribution is 2.32. The molecule has 2 aromatic carbocycles. The number of allylic oxidation sites excluding steroid dienone is 3. The number of carbonyl (C=O) groups excluding carboxylic acids is 1. The second kappa shape index (κ2) is 6.31. The van der Waals surface area contributed by atoms with Gasteiger partial charge in [0.1, 0.15) is 5.75 Å². The lowest BCUT2D eigenvalue weighted by atomic mass is 10.1. The van der Waals surface area contributed by atoms with Crippen molar-refractivity contribution in [2.75, 3.05) is 0 Å². The number of phenolic OH excluding ortho intramolecular Hbond substituents is 1. The van der Waals surface area contributed by atoms with E-state index in [0.29, 0.717) is 24.3 Å². The normalized spacial score (nSPS) is 15.7. The molecule has 0 aromatic heterocycles. The maximum atomic E-state index is 11.8. The summed E-state index contributed by atoms with van der Waals surface area (Å²) < 4.78 is 5.73. The lowest BCUT2D eigenvalue weighted by molar-refractivity contribution is -0.114. The first-order valence-electron chi connectivity index (χ1n) is 7.18. The summed E-state index contributed by atoms with van der Waals surface area (Å²) in [6.07, 6.45) is 8.17. The average molecular weight is 292 g/mol. The fourth-order valence-corrected chi connectivity index (χ4v) is 2.25. The minimum absolute atomic E-state index is 0.0938. The van der Waals surface area contributed by atoms with Gasteiger partial charge in [0.2, 0.25) is 0 Å².